The van der Waals surface area contributed by atoms with Crippen LogP contribution in [-0.4, -0.2) is 18.8 Å². The van der Waals surface area contributed by atoms with Gasteiger partial charge in [-0.05, 0) is 61.5 Å². The van der Waals surface area contributed by atoms with E-state index in [0.29, 0.717) is 22.6 Å². The lowest BCUT2D eigenvalue weighted by molar-refractivity contribution is 0.102. The fourth-order valence-electron chi connectivity index (χ4n) is 3.28. The van der Waals surface area contributed by atoms with E-state index in [1.807, 2.05) is 49.5 Å². The van der Waals surface area contributed by atoms with Crippen LogP contribution < -0.4 is 26.7 Å². The van der Waals surface area contributed by atoms with Crippen molar-refractivity contribution >= 4 is 34.5 Å². The molecule has 0 saturated carbocycles. The summed E-state index contributed by atoms with van der Waals surface area (Å²) in [5.41, 5.74) is 9.81. The Bertz CT molecular complexity index is 1250. The van der Waals surface area contributed by atoms with Gasteiger partial charge in [0, 0.05) is 41.6 Å². The standard InChI is InChI=1S/C26H27N7O2/c1-4-29-25(30-22-12-8-11-21(17-22)28-3)24(18(2)27)33(32-35)23-15-13-19(14-16-23)26(34)31-20-9-6-5-7-10-20/h4-17,28H,1,27H2,2-3H3,(H,29,30)(H,31,34)/b24-18-. The van der Waals surface area contributed by atoms with Gasteiger partial charge >= 0.3 is 0 Å². The minimum absolute atomic E-state index is 0.247. The molecule has 0 saturated heterocycles. The summed E-state index contributed by atoms with van der Waals surface area (Å²) in [5, 5.41) is 13.4. The topological polar surface area (TPSA) is 124 Å². The predicted molar refractivity (Wildman–Crippen MR) is 143 cm³/mol. The number of amides is 1. The fraction of sp³-hybridized carbons (Fsp3) is 0.0769. The van der Waals surface area contributed by atoms with Gasteiger partial charge in [-0.1, -0.05) is 30.8 Å². The van der Waals surface area contributed by atoms with Gasteiger partial charge in [-0.2, -0.15) is 5.01 Å². The number of carbonyl (C=O) groups is 1. The largest absolute Gasteiger partial charge is 0.400 e. The Morgan fingerprint density at radius 3 is 2.20 bits per heavy atom. The maximum absolute atomic E-state index is 12.6. The van der Waals surface area contributed by atoms with Crippen LogP contribution in [0.2, 0.25) is 0 Å². The summed E-state index contributed by atoms with van der Waals surface area (Å²) in [6.07, 6.45) is 1.34. The molecule has 0 fully saturated rings. The molecule has 0 heterocycles. The van der Waals surface area contributed by atoms with Crippen molar-refractivity contribution in [3.8, 4) is 0 Å². The maximum atomic E-state index is 12.6. The van der Waals surface area contributed by atoms with E-state index in [1.54, 1.807) is 43.3 Å². The molecule has 0 atom stereocenters. The van der Waals surface area contributed by atoms with E-state index in [2.05, 4.69) is 32.8 Å². The molecule has 0 bridgehead atoms. The molecule has 0 spiro atoms. The molecule has 9 nitrogen and oxygen atoms in total. The fourth-order valence-corrected chi connectivity index (χ4v) is 3.28. The zero-order valence-electron chi connectivity index (χ0n) is 19.5. The van der Waals surface area contributed by atoms with Gasteiger partial charge < -0.3 is 21.7 Å². The lowest BCUT2D eigenvalue weighted by atomic mass is 10.1. The number of nitroso groups, excluding NO2 is 1. The average Bonchev–Trinajstić information content (AvgIpc) is 2.87. The lowest BCUT2D eigenvalue weighted by Gasteiger charge is -2.22. The monoisotopic (exact) mass is 469 g/mol. The number of para-hydroxylation sites is 1. The Hall–Kier alpha value is -4.92. The van der Waals surface area contributed by atoms with Crippen LogP contribution in [-0.2, 0) is 0 Å². The minimum atomic E-state index is -0.279. The zero-order valence-corrected chi connectivity index (χ0v) is 19.5. The van der Waals surface area contributed by atoms with Gasteiger partial charge in [-0.3, -0.25) is 4.79 Å². The van der Waals surface area contributed by atoms with Crippen LogP contribution in [0.5, 0.6) is 0 Å². The number of amidine groups is 1. The predicted octanol–water partition coefficient (Wildman–Crippen LogP) is 5.31. The number of carbonyl (C=O) groups excluding carboxylic acids is 1. The van der Waals surface area contributed by atoms with E-state index in [1.165, 1.54) is 6.20 Å². The van der Waals surface area contributed by atoms with E-state index in [9.17, 15) is 9.70 Å². The first-order chi connectivity index (χ1) is 17.0. The van der Waals surface area contributed by atoms with Crippen molar-refractivity contribution in [3.05, 3.63) is 114 Å². The molecule has 0 radical (unpaired) electrons. The highest BCUT2D eigenvalue weighted by Crippen LogP contribution is 2.25. The Balaban J connectivity index is 1.89. The van der Waals surface area contributed by atoms with Crippen LogP contribution in [0.1, 0.15) is 17.3 Å². The van der Waals surface area contributed by atoms with Gasteiger partial charge in [-0.15, -0.1) is 4.91 Å². The molecule has 3 rings (SSSR count). The van der Waals surface area contributed by atoms with Crippen LogP contribution >= 0.6 is 0 Å². The Morgan fingerprint density at radius 2 is 1.60 bits per heavy atom. The minimum Gasteiger partial charge on any atom is -0.400 e. The van der Waals surface area contributed by atoms with Gasteiger partial charge in [0.05, 0.1) is 11.0 Å². The summed E-state index contributed by atoms with van der Waals surface area (Å²) in [4.78, 5) is 28.8. The van der Waals surface area contributed by atoms with E-state index in [-0.39, 0.29) is 17.4 Å². The molecule has 3 aromatic rings. The molecule has 35 heavy (non-hydrogen) atoms. The third-order valence-corrected chi connectivity index (χ3v) is 4.93. The maximum Gasteiger partial charge on any atom is 0.255 e. The number of hydrogen-bond acceptors (Lipinski definition) is 6. The molecule has 178 valence electrons. The van der Waals surface area contributed by atoms with Crippen molar-refractivity contribution < 1.29 is 4.79 Å². The summed E-state index contributed by atoms with van der Waals surface area (Å²) in [6.45, 7) is 5.30. The first kappa shape index (κ1) is 24.7. The van der Waals surface area contributed by atoms with Crippen LogP contribution in [0.25, 0.3) is 0 Å². The molecule has 0 aliphatic heterocycles. The molecule has 0 unspecified atom stereocenters. The molecule has 0 aliphatic rings. The van der Waals surface area contributed by atoms with E-state index >= 15 is 0 Å². The quantitative estimate of drug-likeness (QED) is 0.146. The van der Waals surface area contributed by atoms with Crippen LogP contribution in [0.3, 0.4) is 0 Å². The Morgan fingerprint density at radius 1 is 0.943 bits per heavy atom. The SMILES string of the molecule is C=CN=C(Nc1cccc(NC)c1)/C(=C(\C)N)N(N=O)c1ccc(C(=O)Nc2ccccc2)cc1. The van der Waals surface area contributed by atoms with Crippen molar-refractivity contribution in [2.75, 3.05) is 28.0 Å². The first-order valence-electron chi connectivity index (χ1n) is 10.8. The number of allylic oxidation sites excluding steroid dienone is 1. The zero-order chi connectivity index (χ0) is 25.2. The van der Waals surface area contributed by atoms with Crippen molar-refractivity contribution in [3.63, 3.8) is 0 Å². The van der Waals surface area contributed by atoms with Crippen molar-refractivity contribution in [1.29, 1.82) is 0 Å². The summed E-state index contributed by atoms with van der Waals surface area (Å²) in [5.74, 6) is -0.00197. The Kier molecular flexibility index (Phi) is 8.33. The molecular formula is C26H27N7O2. The molecule has 5 N–H and O–H groups in total. The Labute approximate surface area is 204 Å². The summed E-state index contributed by atoms with van der Waals surface area (Å²) in [6, 6.07) is 23.1. The third kappa shape index (κ3) is 6.32. The highest BCUT2D eigenvalue weighted by Gasteiger charge is 2.22. The number of nitrogens with zero attached hydrogens (tertiary/aromatic N) is 3. The van der Waals surface area contributed by atoms with Crippen LogP contribution in [0.15, 0.2) is 113 Å². The lowest BCUT2D eigenvalue weighted by Crippen LogP contribution is -2.30. The number of nitrogens with two attached hydrogens (primary N) is 1. The van der Waals surface area contributed by atoms with Crippen molar-refractivity contribution in [2.45, 2.75) is 6.92 Å². The second kappa shape index (κ2) is 11.8. The number of nitrogens with one attached hydrogen (secondary N) is 3. The molecule has 3 aromatic carbocycles. The second-order valence-corrected chi connectivity index (χ2v) is 7.41. The number of anilines is 4. The van der Waals surface area contributed by atoms with Crippen LogP contribution in [0.4, 0.5) is 22.7 Å². The molecular weight excluding hydrogens is 442 g/mol. The van der Waals surface area contributed by atoms with Crippen molar-refractivity contribution in [1.82, 2.24) is 0 Å². The van der Waals surface area contributed by atoms with Crippen molar-refractivity contribution in [2.24, 2.45) is 16.0 Å². The van der Waals surface area contributed by atoms with Gasteiger partial charge in [0.2, 0.25) is 0 Å². The first-order valence-corrected chi connectivity index (χ1v) is 10.8. The number of hydrogen-bond donors (Lipinski definition) is 4. The van der Waals surface area contributed by atoms with Gasteiger partial charge in [0.25, 0.3) is 5.91 Å². The van der Waals surface area contributed by atoms with Crippen LogP contribution in [0, 0.1) is 4.91 Å². The highest BCUT2D eigenvalue weighted by atomic mass is 16.3. The second-order valence-electron chi connectivity index (χ2n) is 7.41. The number of aliphatic imine (C=N–C) groups is 1. The van der Waals surface area contributed by atoms with Gasteiger partial charge in [0.1, 0.15) is 5.70 Å². The van der Waals surface area contributed by atoms with E-state index in [4.69, 9.17) is 5.73 Å². The average molecular weight is 470 g/mol. The smallest absolute Gasteiger partial charge is 0.255 e. The summed E-state index contributed by atoms with van der Waals surface area (Å²) >= 11 is 0. The molecule has 0 aliphatic carbocycles. The molecule has 0 aromatic heterocycles. The molecule has 1 amide bonds. The summed E-state index contributed by atoms with van der Waals surface area (Å²) < 4.78 is 0. The van der Waals surface area contributed by atoms with Gasteiger partial charge in [-0.25, -0.2) is 4.99 Å². The number of benzene rings is 3. The normalized spacial score (nSPS) is 11.7. The number of rotatable bonds is 9. The molecule has 9 heteroatoms. The third-order valence-electron chi connectivity index (χ3n) is 4.93. The summed E-state index contributed by atoms with van der Waals surface area (Å²) in [7, 11) is 1.81. The van der Waals surface area contributed by atoms with E-state index in [0.717, 1.165) is 16.4 Å². The highest BCUT2D eigenvalue weighted by molar-refractivity contribution is 6.11. The van der Waals surface area contributed by atoms with Gasteiger partial charge in [0.15, 0.2) is 5.84 Å². The van der Waals surface area contributed by atoms with E-state index < -0.39 is 0 Å².